The molecule has 0 aromatic heterocycles. The molecule has 1 heterocycles. The van der Waals surface area contributed by atoms with E-state index in [1.54, 1.807) is 42.4 Å². The molecule has 5 nitrogen and oxygen atoms in total. The van der Waals surface area contributed by atoms with Crippen molar-refractivity contribution in [2.45, 2.75) is 25.8 Å². The third kappa shape index (κ3) is 4.22. The van der Waals surface area contributed by atoms with E-state index >= 15 is 0 Å². The van der Waals surface area contributed by atoms with E-state index in [0.29, 0.717) is 22.9 Å². The van der Waals surface area contributed by atoms with Gasteiger partial charge < -0.3 is 9.64 Å². The van der Waals surface area contributed by atoms with Crippen LogP contribution in [0.25, 0.3) is 0 Å². The van der Waals surface area contributed by atoms with Crippen LogP contribution in [0.15, 0.2) is 60.0 Å². The molecule has 2 aromatic carbocycles. The molecule has 3 rings (SSSR count). The van der Waals surface area contributed by atoms with Crippen molar-refractivity contribution >= 4 is 21.4 Å². The van der Waals surface area contributed by atoms with Crippen LogP contribution >= 0.6 is 0 Å². The van der Waals surface area contributed by atoms with Crippen LogP contribution in [0.5, 0.6) is 5.75 Å². The van der Waals surface area contributed by atoms with Crippen LogP contribution in [0.4, 0.5) is 5.69 Å². The van der Waals surface area contributed by atoms with Crippen LogP contribution in [0.3, 0.4) is 0 Å². The first-order valence-corrected chi connectivity index (χ1v) is 10.5. The second-order valence-electron chi connectivity index (χ2n) is 6.88. The summed E-state index contributed by atoms with van der Waals surface area (Å²) in [7, 11) is -1.73. The van der Waals surface area contributed by atoms with E-state index in [0.717, 1.165) is 5.56 Å². The number of benzene rings is 2. The number of nitrogens with zero attached hydrogens (tertiary/aromatic N) is 1. The molecule has 6 heteroatoms. The van der Waals surface area contributed by atoms with Crippen molar-refractivity contribution in [3.8, 4) is 5.75 Å². The highest BCUT2D eigenvalue weighted by Gasteiger charge is 2.32. The molecule has 0 aliphatic carbocycles. The summed E-state index contributed by atoms with van der Waals surface area (Å²) in [5, 5.41) is 1.19. The molecule has 0 saturated carbocycles. The summed E-state index contributed by atoms with van der Waals surface area (Å²) >= 11 is 0. The van der Waals surface area contributed by atoms with E-state index in [1.807, 2.05) is 24.3 Å². The van der Waals surface area contributed by atoms with E-state index in [9.17, 15) is 13.2 Å². The molecule has 0 spiro atoms. The van der Waals surface area contributed by atoms with Gasteiger partial charge in [0.2, 0.25) is 0 Å². The number of hydrogen-bond acceptors (Lipinski definition) is 4. The lowest BCUT2D eigenvalue weighted by molar-refractivity contribution is 0.0983. The maximum absolute atomic E-state index is 13.2. The molecule has 0 fully saturated rings. The van der Waals surface area contributed by atoms with Crippen molar-refractivity contribution in [2.24, 2.45) is 0 Å². The van der Waals surface area contributed by atoms with Gasteiger partial charge in [-0.05, 0) is 54.0 Å². The zero-order chi connectivity index (χ0) is 19.6. The first-order chi connectivity index (χ1) is 12.8. The van der Waals surface area contributed by atoms with Gasteiger partial charge in [0.1, 0.15) is 5.75 Å². The Labute approximate surface area is 160 Å². The first-order valence-electron chi connectivity index (χ1n) is 8.79. The second-order valence-corrected chi connectivity index (χ2v) is 8.81. The van der Waals surface area contributed by atoms with Crippen molar-refractivity contribution in [1.82, 2.24) is 0 Å². The molecule has 1 atom stereocenters. The summed E-state index contributed by atoms with van der Waals surface area (Å²) in [6.45, 7) is 4.20. The normalized spacial score (nSPS) is 17.9. The molecular formula is C21H23NO4S. The van der Waals surface area contributed by atoms with Gasteiger partial charge in [0.05, 0.1) is 18.9 Å². The standard InChI is InChI=1S/C21H23NO4S/c1-15(2)16-4-8-18(9-5-16)22(19-12-13-27(24,25)14-19)21(23)17-6-10-20(26-3)11-7-17/h4-13,15,19H,14H2,1-3H3. The Bertz CT molecular complexity index is 945. The maximum Gasteiger partial charge on any atom is 0.258 e. The Hall–Kier alpha value is -2.60. The molecule has 1 aliphatic heterocycles. The van der Waals surface area contributed by atoms with Crippen molar-refractivity contribution in [3.63, 3.8) is 0 Å². The van der Waals surface area contributed by atoms with E-state index in [-0.39, 0.29) is 11.7 Å². The highest BCUT2D eigenvalue weighted by atomic mass is 32.2. The molecule has 1 amide bonds. The number of amides is 1. The SMILES string of the molecule is COc1ccc(C(=O)N(c2ccc(C(C)C)cc2)C2C=CS(=O)(=O)C2)cc1. The van der Waals surface area contributed by atoms with Crippen LogP contribution in [0.2, 0.25) is 0 Å². The first kappa shape index (κ1) is 19.2. The number of anilines is 1. The number of carbonyl (C=O) groups excluding carboxylic acids is 1. The van der Waals surface area contributed by atoms with Gasteiger partial charge in [0.15, 0.2) is 9.84 Å². The van der Waals surface area contributed by atoms with Crippen molar-refractivity contribution in [2.75, 3.05) is 17.8 Å². The lowest BCUT2D eigenvalue weighted by atomic mass is 10.0. The van der Waals surface area contributed by atoms with Crippen molar-refractivity contribution < 1.29 is 17.9 Å². The van der Waals surface area contributed by atoms with E-state index in [1.165, 1.54) is 5.41 Å². The van der Waals surface area contributed by atoms with E-state index in [4.69, 9.17) is 4.74 Å². The second kappa shape index (κ2) is 7.56. The highest BCUT2D eigenvalue weighted by Crippen LogP contribution is 2.27. The Kier molecular flexibility index (Phi) is 5.37. The summed E-state index contributed by atoms with van der Waals surface area (Å²) in [5.41, 5.74) is 2.30. The summed E-state index contributed by atoms with van der Waals surface area (Å²) in [4.78, 5) is 14.8. The molecule has 1 unspecified atom stereocenters. The Morgan fingerprint density at radius 2 is 1.70 bits per heavy atom. The average molecular weight is 385 g/mol. The van der Waals surface area contributed by atoms with Gasteiger partial charge in [0, 0.05) is 16.7 Å². The topological polar surface area (TPSA) is 63.7 Å². The molecule has 0 radical (unpaired) electrons. The minimum atomic E-state index is -3.29. The molecule has 27 heavy (non-hydrogen) atoms. The fourth-order valence-electron chi connectivity index (χ4n) is 3.07. The smallest absolute Gasteiger partial charge is 0.258 e. The fraction of sp³-hybridized carbons (Fsp3) is 0.286. The summed E-state index contributed by atoms with van der Waals surface area (Å²) in [6.07, 6.45) is 1.58. The van der Waals surface area contributed by atoms with Crippen LogP contribution in [0, 0.1) is 0 Å². The van der Waals surface area contributed by atoms with E-state index < -0.39 is 15.9 Å². The predicted octanol–water partition coefficient (Wildman–Crippen LogP) is 3.78. The van der Waals surface area contributed by atoms with Gasteiger partial charge in [-0.2, -0.15) is 0 Å². The third-order valence-corrected chi connectivity index (χ3v) is 6.01. The van der Waals surface area contributed by atoms with Gasteiger partial charge in [-0.3, -0.25) is 4.79 Å². The highest BCUT2D eigenvalue weighted by molar-refractivity contribution is 7.94. The Balaban J connectivity index is 1.98. The Morgan fingerprint density at radius 3 is 2.19 bits per heavy atom. The van der Waals surface area contributed by atoms with Crippen LogP contribution < -0.4 is 9.64 Å². The number of rotatable bonds is 5. The number of carbonyl (C=O) groups is 1. The summed E-state index contributed by atoms with van der Waals surface area (Å²) in [5.74, 6) is 0.668. The van der Waals surface area contributed by atoms with Crippen LogP contribution in [-0.4, -0.2) is 33.2 Å². The number of sulfone groups is 1. The maximum atomic E-state index is 13.2. The minimum Gasteiger partial charge on any atom is -0.497 e. The largest absolute Gasteiger partial charge is 0.497 e. The number of hydrogen-bond donors (Lipinski definition) is 0. The van der Waals surface area contributed by atoms with Crippen molar-refractivity contribution in [3.05, 3.63) is 71.1 Å². The summed E-state index contributed by atoms with van der Waals surface area (Å²) < 4.78 is 29.0. The number of methoxy groups -OCH3 is 1. The van der Waals surface area contributed by atoms with Crippen LogP contribution in [-0.2, 0) is 9.84 Å². The average Bonchev–Trinajstić information content (AvgIpc) is 3.01. The predicted molar refractivity (Wildman–Crippen MR) is 107 cm³/mol. The van der Waals surface area contributed by atoms with Gasteiger partial charge in [0.25, 0.3) is 5.91 Å². The zero-order valence-electron chi connectivity index (χ0n) is 15.6. The molecular weight excluding hydrogens is 362 g/mol. The molecule has 2 aromatic rings. The molecule has 0 saturated heterocycles. The van der Waals surface area contributed by atoms with Crippen molar-refractivity contribution in [1.29, 1.82) is 0 Å². The van der Waals surface area contributed by atoms with Gasteiger partial charge in [-0.1, -0.05) is 26.0 Å². The quantitative estimate of drug-likeness (QED) is 0.786. The van der Waals surface area contributed by atoms with E-state index in [2.05, 4.69) is 13.8 Å². The summed E-state index contributed by atoms with van der Waals surface area (Å²) in [6, 6.07) is 14.0. The Morgan fingerprint density at radius 1 is 1.07 bits per heavy atom. The lowest BCUT2D eigenvalue weighted by Gasteiger charge is -2.28. The molecule has 0 bridgehead atoms. The monoisotopic (exact) mass is 385 g/mol. The van der Waals surface area contributed by atoms with Gasteiger partial charge in [-0.25, -0.2) is 8.42 Å². The zero-order valence-corrected chi connectivity index (χ0v) is 16.4. The number of ether oxygens (including phenoxy) is 1. The molecule has 0 N–H and O–H groups in total. The lowest BCUT2D eigenvalue weighted by Crippen LogP contribution is -2.41. The third-order valence-electron chi connectivity index (χ3n) is 4.64. The fourth-order valence-corrected chi connectivity index (χ4v) is 4.34. The molecule has 142 valence electrons. The van der Waals surface area contributed by atoms with Crippen LogP contribution in [0.1, 0.15) is 35.7 Å². The van der Waals surface area contributed by atoms with Gasteiger partial charge in [-0.15, -0.1) is 0 Å². The van der Waals surface area contributed by atoms with Gasteiger partial charge >= 0.3 is 0 Å². The minimum absolute atomic E-state index is 0.110. The molecule has 1 aliphatic rings.